The van der Waals surface area contributed by atoms with E-state index >= 15 is 0 Å². The summed E-state index contributed by atoms with van der Waals surface area (Å²) in [4.78, 5) is 30.0. The van der Waals surface area contributed by atoms with Crippen molar-refractivity contribution in [2.45, 2.75) is 25.7 Å². The van der Waals surface area contributed by atoms with E-state index in [1.54, 1.807) is 13.2 Å². The van der Waals surface area contributed by atoms with E-state index < -0.39 is 0 Å². The number of amides is 2. The van der Waals surface area contributed by atoms with Crippen molar-refractivity contribution in [2.75, 3.05) is 46.4 Å². The fourth-order valence-corrected chi connectivity index (χ4v) is 5.03. The molecule has 1 N–H and O–H groups in total. The first-order valence-electron chi connectivity index (χ1n) is 10.1. The molecule has 3 aliphatic rings. The first kappa shape index (κ1) is 20.9. The topological polar surface area (TPSA) is 61.9 Å². The molecule has 0 bridgehead atoms. The van der Waals surface area contributed by atoms with Crippen LogP contribution >= 0.6 is 12.4 Å². The molecule has 1 aromatic rings. The molecule has 0 unspecified atom stereocenters. The van der Waals surface area contributed by atoms with Crippen molar-refractivity contribution in [2.24, 2.45) is 11.3 Å². The van der Waals surface area contributed by atoms with Crippen LogP contribution in [0.2, 0.25) is 0 Å². The number of hydrogen-bond donors (Lipinski definition) is 1. The predicted molar refractivity (Wildman–Crippen MR) is 110 cm³/mol. The minimum Gasteiger partial charge on any atom is -0.497 e. The fraction of sp³-hybridized carbons (Fsp3) is 0.619. The number of benzene rings is 1. The normalized spacial score (nSPS) is 27.0. The Balaban J connectivity index is 0.00000225. The second kappa shape index (κ2) is 8.70. The smallest absolute Gasteiger partial charge is 0.254 e. The molecule has 2 heterocycles. The monoisotopic (exact) mass is 407 g/mol. The van der Waals surface area contributed by atoms with Crippen LogP contribution in [-0.4, -0.2) is 68.0 Å². The number of carbonyl (C=O) groups is 2. The number of hydrogen-bond acceptors (Lipinski definition) is 4. The van der Waals surface area contributed by atoms with Gasteiger partial charge in [-0.2, -0.15) is 0 Å². The van der Waals surface area contributed by atoms with Gasteiger partial charge in [-0.05, 0) is 43.5 Å². The van der Waals surface area contributed by atoms with Crippen LogP contribution in [-0.2, 0) is 4.79 Å². The van der Waals surface area contributed by atoms with Gasteiger partial charge in [-0.1, -0.05) is 18.9 Å². The SMILES string of the molecule is COc1cccc(C(=O)N2CCN(C(=O)[C@@]34CCCC[C@H]3CNC4)CC2)c1.Cl. The summed E-state index contributed by atoms with van der Waals surface area (Å²) in [6, 6.07) is 7.26. The molecule has 2 saturated heterocycles. The van der Waals surface area contributed by atoms with Crippen LogP contribution in [0.1, 0.15) is 36.0 Å². The largest absolute Gasteiger partial charge is 0.497 e. The zero-order chi connectivity index (χ0) is 18.9. The molecule has 28 heavy (non-hydrogen) atoms. The maximum Gasteiger partial charge on any atom is 0.254 e. The van der Waals surface area contributed by atoms with Gasteiger partial charge in [0, 0.05) is 38.3 Å². The summed E-state index contributed by atoms with van der Waals surface area (Å²) >= 11 is 0. The summed E-state index contributed by atoms with van der Waals surface area (Å²) in [5.74, 6) is 1.49. The average molecular weight is 408 g/mol. The molecule has 2 atom stereocenters. The quantitative estimate of drug-likeness (QED) is 0.834. The Labute approximate surface area is 173 Å². The van der Waals surface area contributed by atoms with Crippen molar-refractivity contribution in [3.63, 3.8) is 0 Å². The fourth-order valence-electron chi connectivity index (χ4n) is 5.03. The molecule has 3 fully saturated rings. The van der Waals surface area contributed by atoms with Gasteiger partial charge in [0.2, 0.25) is 5.91 Å². The number of fused-ring (bicyclic) bond motifs is 1. The van der Waals surface area contributed by atoms with Crippen LogP contribution in [0.5, 0.6) is 5.75 Å². The number of piperazine rings is 1. The number of carbonyl (C=O) groups excluding carboxylic acids is 2. The first-order chi connectivity index (χ1) is 13.1. The van der Waals surface area contributed by atoms with Crippen molar-refractivity contribution in [3.05, 3.63) is 29.8 Å². The molecule has 0 spiro atoms. The zero-order valence-electron chi connectivity index (χ0n) is 16.5. The molecular weight excluding hydrogens is 378 g/mol. The van der Waals surface area contributed by atoms with Gasteiger partial charge in [0.25, 0.3) is 5.91 Å². The van der Waals surface area contributed by atoms with Gasteiger partial charge in [-0.3, -0.25) is 9.59 Å². The molecule has 2 aliphatic heterocycles. The maximum absolute atomic E-state index is 13.4. The highest BCUT2D eigenvalue weighted by Gasteiger charge is 2.51. The summed E-state index contributed by atoms with van der Waals surface area (Å²) in [5.41, 5.74) is 0.442. The Morgan fingerprint density at radius 2 is 1.89 bits per heavy atom. The second-order valence-corrected chi connectivity index (χ2v) is 8.05. The van der Waals surface area contributed by atoms with Crippen molar-refractivity contribution in [1.29, 1.82) is 0 Å². The average Bonchev–Trinajstić information content (AvgIpc) is 3.18. The van der Waals surface area contributed by atoms with Gasteiger partial charge in [-0.25, -0.2) is 0 Å². The molecule has 0 radical (unpaired) electrons. The van der Waals surface area contributed by atoms with Crippen LogP contribution in [0.4, 0.5) is 0 Å². The number of nitrogens with one attached hydrogen (secondary N) is 1. The first-order valence-corrected chi connectivity index (χ1v) is 10.1. The van der Waals surface area contributed by atoms with Crippen molar-refractivity contribution in [3.8, 4) is 5.75 Å². The highest BCUT2D eigenvalue weighted by molar-refractivity contribution is 5.95. The standard InChI is InChI=1S/C21H29N3O3.ClH/c1-27-18-7-4-5-16(13-18)19(25)23-9-11-24(12-10-23)20(26)21-8-3-2-6-17(21)14-22-15-21;/h4-5,7,13,17,22H,2-3,6,8-12,14-15H2,1H3;1H/t17-,21+;/m0./s1. The lowest BCUT2D eigenvalue weighted by Gasteiger charge is -2.43. The molecule has 7 heteroatoms. The Bertz CT molecular complexity index is 721. The van der Waals surface area contributed by atoms with Gasteiger partial charge < -0.3 is 19.9 Å². The third kappa shape index (κ3) is 3.72. The van der Waals surface area contributed by atoms with Gasteiger partial charge in [0.1, 0.15) is 5.75 Å². The van der Waals surface area contributed by atoms with Crippen molar-refractivity contribution < 1.29 is 14.3 Å². The van der Waals surface area contributed by atoms with E-state index in [0.717, 1.165) is 32.4 Å². The lowest BCUT2D eigenvalue weighted by molar-refractivity contribution is -0.146. The van der Waals surface area contributed by atoms with E-state index in [2.05, 4.69) is 5.32 Å². The van der Waals surface area contributed by atoms with Gasteiger partial charge in [-0.15, -0.1) is 12.4 Å². The van der Waals surface area contributed by atoms with Crippen LogP contribution in [0.25, 0.3) is 0 Å². The Morgan fingerprint density at radius 1 is 1.14 bits per heavy atom. The minimum absolute atomic E-state index is 0. The summed E-state index contributed by atoms with van der Waals surface area (Å²) in [5, 5.41) is 3.46. The van der Waals surface area contributed by atoms with Gasteiger partial charge in [0.15, 0.2) is 0 Å². The Morgan fingerprint density at radius 3 is 2.64 bits per heavy atom. The van der Waals surface area contributed by atoms with E-state index in [-0.39, 0.29) is 23.7 Å². The van der Waals surface area contributed by atoms with Crippen LogP contribution in [0.15, 0.2) is 24.3 Å². The highest BCUT2D eigenvalue weighted by atomic mass is 35.5. The zero-order valence-corrected chi connectivity index (χ0v) is 17.3. The summed E-state index contributed by atoms with van der Waals surface area (Å²) in [6.07, 6.45) is 4.56. The lowest BCUT2D eigenvalue weighted by atomic mass is 9.67. The molecule has 154 valence electrons. The third-order valence-electron chi connectivity index (χ3n) is 6.63. The second-order valence-electron chi connectivity index (χ2n) is 8.05. The highest BCUT2D eigenvalue weighted by Crippen LogP contribution is 2.45. The molecule has 2 amide bonds. The van der Waals surface area contributed by atoms with Gasteiger partial charge >= 0.3 is 0 Å². The molecule has 0 aromatic heterocycles. The number of methoxy groups -OCH3 is 1. The summed E-state index contributed by atoms with van der Waals surface area (Å²) in [7, 11) is 1.60. The van der Waals surface area contributed by atoms with Crippen molar-refractivity contribution in [1.82, 2.24) is 15.1 Å². The minimum atomic E-state index is -0.197. The third-order valence-corrected chi connectivity index (χ3v) is 6.63. The predicted octanol–water partition coefficient (Wildman–Crippen LogP) is 2.18. The van der Waals surface area contributed by atoms with E-state index in [4.69, 9.17) is 4.74 Å². The molecule has 1 aliphatic carbocycles. The lowest BCUT2D eigenvalue weighted by Crippen LogP contribution is -2.56. The number of rotatable bonds is 3. The van der Waals surface area contributed by atoms with Crippen LogP contribution < -0.4 is 10.1 Å². The van der Waals surface area contributed by atoms with Crippen LogP contribution in [0, 0.1) is 11.3 Å². The molecule has 6 nitrogen and oxygen atoms in total. The Kier molecular flexibility index (Phi) is 6.50. The molecule has 4 rings (SSSR count). The van der Waals surface area contributed by atoms with E-state index in [1.807, 2.05) is 28.0 Å². The number of halogens is 1. The number of ether oxygens (including phenoxy) is 1. The van der Waals surface area contributed by atoms with Crippen molar-refractivity contribution >= 4 is 24.2 Å². The summed E-state index contributed by atoms with van der Waals surface area (Å²) < 4.78 is 5.22. The molecule has 1 saturated carbocycles. The van der Waals surface area contributed by atoms with E-state index in [0.29, 0.717) is 49.3 Å². The van der Waals surface area contributed by atoms with E-state index in [1.165, 1.54) is 6.42 Å². The molecular formula is C21H30ClN3O3. The van der Waals surface area contributed by atoms with Gasteiger partial charge in [0.05, 0.1) is 12.5 Å². The van der Waals surface area contributed by atoms with Crippen LogP contribution in [0.3, 0.4) is 0 Å². The van der Waals surface area contributed by atoms with E-state index in [9.17, 15) is 9.59 Å². The number of nitrogens with zero attached hydrogens (tertiary/aromatic N) is 2. The Hall–Kier alpha value is -1.79. The maximum atomic E-state index is 13.4. The molecule has 1 aromatic carbocycles. The summed E-state index contributed by atoms with van der Waals surface area (Å²) in [6.45, 7) is 4.23.